The van der Waals surface area contributed by atoms with E-state index in [4.69, 9.17) is 0 Å². The van der Waals surface area contributed by atoms with Gasteiger partial charge >= 0.3 is 0 Å². The molecule has 27 heavy (non-hydrogen) atoms. The number of nitrogens with zero attached hydrogens (tertiary/aromatic N) is 2. The Hall–Kier alpha value is -3.36. The number of anilines is 1. The number of hydrogen-bond acceptors (Lipinski definition) is 3. The lowest BCUT2D eigenvalue weighted by Crippen LogP contribution is -2.30. The number of benzene rings is 1. The first-order valence-electron chi connectivity index (χ1n) is 8.02. The fourth-order valence-electron chi connectivity index (χ4n) is 2.50. The molecule has 3 aromatic rings. The van der Waals surface area contributed by atoms with Crippen molar-refractivity contribution >= 4 is 23.0 Å². The molecule has 0 saturated carbocycles. The number of aromatic nitrogens is 2. The molecule has 9 heteroatoms. The average Bonchev–Trinajstić information content (AvgIpc) is 3.01. The molecule has 2 amide bonds. The molecule has 0 unspecified atom stereocenters. The minimum atomic E-state index is -1.70. The quantitative estimate of drug-likeness (QED) is 0.687. The maximum absolute atomic E-state index is 13.8. The van der Waals surface area contributed by atoms with E-state index in [1.165, 1.54) is 10.6 Å². The molecule has 140 valence electrons. The van der Waals surface area contributed by atoms with E-state index in [1.807, 2.05) is 0 Å². The number of hydrogen-bond donors (Lipinski definition) is 2. The summed E-state index contributed by atoms with van der Waals surface area (Å²) in [5.41, 5.74) is -0.161. The highest BCUT2D eigenvalue weighted by molar-refractivity contribution is 6.06. The highest BCUT2D eigenvalue weighted by Crippen LogP contribution is 2.21. The van der Waals surface area contributed by atoms with Crippen LogP contribution in [0.1, 0.15) is 35.0 Å². The van der Waals surface area contributed by atoms with E-state index in [1.54, 1.807) is 32.0 Å². The predicted molar refractivity (Wildman–Crippen MR) is 92.1 cm³/mol. The third-order valence-electron chi connectivity index (χ3n) is 3.67. The average molecular weight is 376 g/mol. The Labute approximate surface area is 152 Å². The largest absolute Gasteiger partial charge is 0.348 e. The van der Waals surface area contributed by atoms with Crippen LogP contribution in [0.3, 0.4) is 0 Å². The normalized spacial score (nSPS) is 11.0. The second-order valence-electron chi connectivity index (χ2n) is 6.05. The number of rotatable bonds is 4. The molecule has 0 aliphatic rings. The van der Waals surface area contributed by atoms with E-state index in [0.29, 0.717) is 11.6 Å². The topological polar surface area (TPSA) is 75.5 Å². The highest BCUT2D eigenvalue weighted by atomic mass is 19.2. The first-order valence-corrected chi connectivity index (χ1v) is 8.02. The van der Waals surface area contributed by atoms with Crippen molar-refractivity contribution in [2.45, 2.75) is 19.9 Å². The Balaban J connectivity index is 2.00. The lowest BCUT2D eigenvalue weighted by Gasteiger charge is -2.06. The number of carbonyl (C=O) groups excluding carboxylic acids is 2. The molecule has 2 heterocycles. The van der Waals surface area contributed by atoms with Crippen molar-refractivity contribution in [2.75, 3.05) is 5.32 Å². The minimum absolute atomic E-state index is 0.0141. The summed E-state index contributed by atoms with van der Waals surface area (Å²) in [4.78, 5) is 28.9. The van der Waals surface area contributed by atoms with Crippen molar-refractivity contribution in [1.82, 2.24) is 14.7 Å². The van der Waals surface area contributed by atoms with Gasteiger partial charge in [0.1, 0.15) is 0 Å². The Morgan fingerprint density at radius 1 is 1.04 bits per heavy atom. The zero-order valence-electron chi connectivity index (χ0n) is 14.4. The maximum Gasteiger partial charge on any atom is 0.292 e. The fraction of sp³-hybridized carbons (Fsp3) is 0.167. The monoisotopic (exact) mass is 376 g/mol. The molecule has 0 saturated heterocycles. The van der Waals surface area contributed by atoms with Gasteiger partial charge in [-0.25, -0.2) is 18.2 Å². The Bertz CT molecular complexity index is 1050. The smallest absolute Gasteiger partial charge is 0.292 e. The van der Waals surface area contributed by atoms with E-state index in [9.17, 15) is 22.8 Å². The number of halogens is 3. The summed E-state index contributed by atoms with van der Waals surface area (Å²) in [5, 5.41) is 4.82. The van der Waals surface area contributed by atoms with Gasteiger partial charge in [-0.3, -0.25) is 14.0 Å². The summed E-state index contributed by atoms with van der Waals surface area (Å²) in [7, 11) is 0. The summed E-state index contributed by atoms with van der Waals surface area (Å²) in [6, 6.07) is 6.32. The molecule has 6 nitrogen and oxygen atoms in total. The molecule has 0 spiro atoms. The van der Waals surface area contributed by atoms with Gasteiger partial charge in [-0.1, -0.05) is 6.07 Å². The van der Waals surface area contributed by atoms with Crippen LogP contribution in [0.15, 0.2) is 36.5 Å². The van der Waals surface area contributed by atoms with Gasteiger partial charge in [-0.05, 0) is 38.1 Å². The van der Waals surface area contributed by atoms with Gasteiger partial charge in [0.05, 0.1) is 11.2 Å². The first-order chi connectivity index (χ1) is 12.8. The Morgan fingerprint density at radius 2 is 1.78 bits per heavy atom. The van der Waals surface area contributed by atoms with Gasteiger partial charge in [0.2, 0.25) is 5.82 Å². The van der Waals surface area contributed by atoms with Crippen LogP contribution in [0, 0.1) is 17.5 Å². The molecule has 3 rings (SSSR count). The summed E-state index contributed by atoms with van der Waals surface area (Å²) < 4.78 is 41.5. The SMILES string of the molecule is CC(C)NC(=O)c1nc(C(=O)Nc2ccc(F)c(F)c2F)n2ccccc12. The van der Waals surface area contributed by atoms with E-state index >= 15 is 0 Å². The van der Waals surface area contributed by atoms with Crippen molar-refractivity contribution in [3.63, 3.8) is 0 Å². The van der Waals surface area contributed by atoms with E-state index in [0.717, 1.165) is 6.07 Å². The zero-order chi connectivity index (χ0) is 19.7. The standard InChI is InChI=1S/C18H15F3N4O2/c1-9(2)22-17(26)15-12-5-3-4-8-25(12)16(24-15)18(27)23-11-7-6-10(19)13(20)14(11)21/h3-9H,1-2H3,(H,22,26)(H,23,27). The van der Waals surface area contributed by atoms with E-state index < -0.39 is 35.0 Å². The van der Waals surface area contributed by atoms with Crippen LogP contribution < -0.4 is 10.6 Å². The number of carbonyl (C=O) groups is 2. The number of amides is 2. The van der Waals surface area contributed by atoms with Gasteiger partial charge in [-0.15, -0.1) is 0 Å². The van der Waals surface area contributed by atoms with Gasteiger partial charge in [0.25, 0.3) is 11.8 Å². The second kappa shape index (κ2) is 7.10. The Morgan fingerprint density at radius 3 is 2.48 bits per heavy atom. The Kier molecular flexibility index (Phi) is 4.85. The van der Waals surface area contributed by atoms with Gasteiger partial charge in [-0.2, -0.15) is 0 Å². The lowest BCUT2D eigenvalue weighted by molar-refractivity contribution is 0.0940. The first kappa shape index (κ1) is 18.4. The van der Waals surface area contributed by atoms with Crippen molar-refractivity contribution in [1.29, 1.82) is 0 Å². The molecule has 2 aromatic heterocycles. The van der Waals surface area contributed by atoms with Gasteiger partial charge in [0, 0.05) is 12.2 Å². The summed E-state index contributed by atoms with van der Waals surface area (Å²) in [5.74, 6) is -6.16. The molecule has 0 radical (unpaired) electrons. The summed E-state index contributed by atoms with van der Waals surface area (Å²) in [6.07, 6.45) is 1.50. The van der Waals surface area contributed by atoms with Gasteiger partial charge < -0.3 is 10.6 Å². The molecule has 0 aliphatic carbocycles. The zero-order valence-corrected chi connectivity index (χ0v) is 14.4. The predicted octanol–water partition coefficient (Wildman–Crippen LogP) is 3.14. The molecular formula is C18H15F3N4O2. The lowest BCUT2D eigenvalue weighted by atomic mass is 10.2. The van der Waals surface area contributed by atoms with Crippen LogP contribution >= 0.6 is 0 Å². The summed E-state index contributed by atoms with van der Waals surface area (Å²) in [6.45, 7) is 3.55. The summed E-state index contributed by atoms with van der Waals surface area (Å²) >= 11 is 0. The molecule has 0 aliphatic heterocycles. The van der Waals surface area contributed by atoms with Crippen molar-refractivity contribution in [2.24, 2.45) is 0 Å². The van der Waals surface area contributed by atoms with Crippen molar-refractivity contribution in [3.05, 3.63) is 65.5 Å². The van der Waals surface area contributed by atoms with Crippen LogP contribution in [0.5, 0.6) is 0 Å². The molecule has 0 atom stereocenters. The third-order valence-corrected chi connectivity index (χ3v) is 3.67. The molecule has 1 aromatic carbocycles. The van der Waals surface area contributed by atoms with Crippen molar-refractivity contribution in [3.8, 4) is 0 Å². The number of imidazole rings is 1. The van der Waals surface area contributed by atoms with Crippen LogP contribution in [-0.4, -0.2) is 27.2 Å². The third kappa shape index (κ3) is 3.48. The molecule has 2 N–H and O–H groups in total. The van der Waals surface area contributed by atoms with Gasteiger partial charge in [0.15, 0.2) is 23.1 Å². The maximum atomic E-state index is 13.8. The minimum Gasteiger partial charge on any atom is -0.348 e. The highest BCUT2D eigenvalue weighted by Gasteiger charge is 2.23. The number of fused-ring (bicyclic) bond motifs is 1. The van der Waals surface area contributed by atoms with Crippen LogP contribution in [0.2, 0.25) is 0 Å². The van der Waals surface area contributed by atoms with Crippen LogP contribution in [-0.2, 0) is 0 Å². The fourth-order valence-corrected chi connectivity index (χ4v) is 2.50. The van der Waals surface area contributed by atoms with Crippen LogP contribution in [0.4, 0.5) is 18.9 Å². The van der Waals surface area contributed by atoms with Crippen molar-refractivity contribution < 1.29 is 22.8 Å². The number of pyridine rings is 1. The second-order valence-corrected chi connectivity index (χ2v) is 6.05. The van der Waals surface area contributed by atoms with E-state index in [2.05, 4.69) is 15.6 Å². The molecular weight excluding hydrogens is 361 g/mol. The number of nitrogens with one attached hydrogen (secondary N) is 2. The molecule has 0 fully saturated rings. The van der Waals surface area contributed by atoms with Crippen LogP contribution in [0.25, 0.3) is 5.52 Å². The molecule has 0 bridgehead atoms. The van der Waals surface area contributed by atoms with E-state index in [-0.39, 0.29) is 17.6 Å².